The molecular weight excluding hydrogens is 534 g/mol. The van der Waals surface area contributed by atoms with Gasteiger partial charge in [0, 0.05) is 15.7 Å². The molecular formula is C30H24BrNO5. The van der Waals surface area contributed by atoms with E-state index in [0.717, 1.165) is 15.6 Å². The van der Waals surface area contributed by atoms with E-state index in [1.54, 1.807) is 61.5 Å². The van der Waals surface area contributed by atoms with Crippen molar-refractivity contribution >= 4 is 39.1 Å². The number of ketones is 1. The standard InChI is InChI=1S/C30H24BrNO5/c1-18-16-21(9-15-24(18)36-17-20-6-4-3-5-7-20)28(33)26-27(25-14-8-19(2)37-25)32(30(35)29(26)34)23-12-10-22(31)11-13-23/h3-16,27,33H,17H2,1-2H3/b28-26-. The van der Waals surface area contributed by atoms with Crippen molar-refractivity contribution in [1.29, 1.82) is 0 Å². The van der Waals surface area contributed by atoms with Crippen molar-refractivity contribution in [2.75, 3.05) is 4.90 Å². The predicted molar refractivity (Wildman–Crippen MR) is 144 cm³/mol. The van der Waals surface area contributed by atoms with Gasteiger partial charge in [0.2, 0.25) is 0 Å². The van der Waals surface area contributed by atoms with Crippen molar-refractivity contribution in [2.45, 2.75) is 26.5 Å². The van der Waals surface area contributed by atoms with Crippen LogP contribution < -0.4 is 9.64 Å². The van der Waals surface area contributed by atoms with Crippen molar-refractivity contribution in [1.82, 2.24) is 0 Å². The summed E-state index contributed by atoms with van der Waals surface area (Å²) in [6.07, 6.45) is 0. The number of benzene rings is 3. The third-order valence-electron chi connectivity index (χ3n) is 6.27. The van der Waals surface area contributed by atoms with E-state index in [9.17, 15) is 14.7 Å². The van der Waals surface area contributed by atoms with E-state index in [1.165, 1.54) is 4.90 Å². The summed E-state index contributed by atoms with van der Waals surface area (Å²) in [5, 5.41) is 11.4. The average molecular weight is 558 g/mol. The molecule has 186 valence electrons. The summed E-state index contributed by atoms with van der Waals surface area (Å²) in [6, 6.07) is 24.6. The van der Waals surface area contributed by atoms with Crippen LogP contribution in [-0.2, 0) is 16.2 Å². The maximum Gasteiger partial charge on any atom is 0.300 e. The number of aliphatic hydroxyl groups is 1. The molecule has 0 spiro atoms. The fourth-order valence-electron chi connectivity index (χ4n) is 4.42. The molecule has 1 aliphatic heterocycles. The second-order valence-corrected chi connectivity index (χ2v) is 9.76. The molecule has 5 rings (SSSR count). The van der Waals surface area contributed by atoms with Crippen LogP contribution in [0.25, 0.3) is 5.76 Å². The second kappa shape index (κ2) is 10.1. The molecule has 0 saturated carbocycles. The number of aryl methyl sites for hydroxylation is 2. The average Bonchev–Trinajstić information content (AvgIpc) is 3.44. The van der Waals surface area contributed by atoms with Crippen LogP contribution in [0.1, 0.15) is 34.3 Å². The van der Waals surface area contributed by atoms with E-state index in [1.807, 2.05) is 37.3 Å². The fraction of sp³-hybridized carbons (Fsp3) is 0.133. The minimum Gasteiger partial charge on any atom is -0.507 e. The van der Waals surface area contributed by atoms with Gasteiger partial charge >= 0.3 is 0 Å². The van der Waals surface area contributed by atoms with Crippen LogP contribution in [0, 0.1) is 13.8 Å². The molecule has 4 aromatic rings. The molecule has 1 aromatic heterocycles. The highest BCUT2D eigenvalue weighted by Gasteiger charge is 2.48. The number of amides is 1. The quantitative estimate of drug-likeness (QED) is 0.159. The van der Waals surface area contributed by atoms with Gasteiger partial charge in [-0.25, -0.2) is 0 Å². The van der Waals surface area contributed by atoms with E-state index >= 15 is 0 Å². The summed E-state index contributed by atoms with van der Waals surface area (Å²) in [7, 11) is 0. The zero-order valence-electron chi connectivity index (χ0n) is 20.3. The van der Waals surface area contributed by atoms with Gasteiger partial charge in [0.25, 0.3) is 11.7 Å². The van der Waals surface area contributed by atoms with E-state index in [0.29, 0.717) is 35.1 Å². The predicted octanol–water partition coefficient (Wildman–Crippen LogP) is 6.86. The number of hydrogen-bond acceptors (Lipinski definition) is 5. The Morgan fingerprint density at radius 3 is 2.35 bits per heavy atom. The fourth-order valence-corrected chi connectivity index (χ4v) is 4.68. The van der Waals surface area contributed by atoms with Gasteiger partial charge in [-0.1, -0.05) is 46.3 Å². The van der Waals surface area contributed by atoms with Gasteiger partial charge in [-0.2, -0.15) is 0 Å². The summed E-state index contributed by atoms with van der Waals surface area (Å²) >= 11 is 3.40. The van der Waals surface area contributed by atoms with Crippen molar-refractivity contribution in [2.24, 2.45) is 0 Å². The SMILES string of the molecule is Cc1ccc(C2/C(=C(/O)c3ccc(OCc4ccccc4)c(C)c3)C(=O)C(=O)N2c2ccc(Br)cc2)o1. The maximum atomic E-state index is 13.3. The third-order valence-corrected chi connectivity index (χ3v) is 6.79. The molecule has 37 heavy (non-hydrogen) atoms. The zero-order valence-corrected chi connectivity index (χ0v) is 21.9. The molecule has 7 heteroatoms. The van der Waals surface area contributed by atoms with Crippen molar-refractivity contribution in [3.05, 3.63) is 123 Å². The molecule has 1 aliphatic rings. The Morgan fingerprint density at radius 1 is 0.973 bits per heavy atom. The molecule has 1 saturated heterocycles. The van der Waals surface area contributed by atoms with Gasteiger partial charge in [-0.05, 0) is 79.6 Å². The zero-order chi connectivity index (χ0) is 26.1. The number of rotatable bonds is 6. The van der Waals surface area contributed by atoms with Crippen LogP contribution in [-0.4, -0.2) is 16.8 Å². The van der Waals surface area contributed by atoms with E-state index < -0.39 is 17.7 Å². The summed E-state index contributed by atoms with van der Waals surface area (Å²) in [5.41, 5.74) is 2.72. The van der Waals surface area contributed by atoms with Crippen LogP contribution >= 0.6 is 15.9 Å². The number of nitrogens with zero attached hydrogens (tertiary/aromatic N) is 1. The topological polar surface area (TPSA) is 80.0 Å². The minimum atomic E-state index is -0.913. The Bertz CT molecular complexity index is 1500. The summed E-state index contributed by atoms with van der Waals surface area (Å²) < 4.78 is 12.6. The van der Waals surface area contributed by atoms with Crippen LogP contribution in [0.2, 0.25) is 0 Å². The number of anilines is 1. The second-order valence-electron chi connectivity index (χ2n) is 8.85. The lowest BCUT2D eigenvalue weighted by atomic mass is 9.98. The first-order valence-electron chi connectivity index (χ1n) is 11.7. The Labute approximate surface area is 222 Å². The number of aliphatic hydroxyl groups excluding tert-OH is 1. The minimum absolute atomic E-state index is 0.0281. The monoisotopic (exact) mass is 557 g/mol. The molecule has 1 amide bonds. The first-order valence-corrected chi connectivity index (χ1v) is 12.5. The molecule has 0 radical (unpaired) electrons. The lowest BCUT2D eigenvalue weighted by Gasteiger charge is -2.23. The molecule has 1 atom stereocenters. The molecule has 1 N–H and O–H groups in total. The molecule has 6 nitrogen and oxygen atoms in total. The Kier molecular flexibility index (Phi) is 6.72. The molecule has 3 aromatic carbocycles. The van der Waals surface area contributed by atoms with E-state index in [4.69, 9.17) is 9.15 Å². The van der Waals surface area contributed by atoms with Gasteiger partial charge in [-0.15, -0.1) is 0 Å². The van der Waals surface area contributed by atoms with Crippen LogP contribution in [0.5, 0.6) is 5.75 Å². The van der Waals surface area contributed by atoms with Crippen LogP contribution in [0.3, 0.4) is 0 Å². The Hall–Kier alpha value is -4.10. The summed E-state index contributed by atoms with van der Waals surface area (Å²) in [4.78, 5) is 27.9. The Morgan fingerprint density at radius 2 is 1.70 bits per heavy atom. The number of carbonyl (C=O) groups is 2. The maximum absolute atomic E-state index is 13.3. The molecule has 0 bridgehead atoms. The number of hydrogen-bond donors (Lipinski definition) is 1. The molecule has 1 fully saturated rings. The summed E-state index contributed by atoms with van der Waals surface area (Å²) in [6.45, 7) is 4.06. The van der Waals surface area contributed by atoms with Gasteiger partial charge < -0.3 is 14.3 Å². The lowest BCUT2D eigenvalue weighted by molar-refractivity contribution is -0.132. The van der Waals surface area contributed by atoms with Gasteiger partial charge in [0.05, 0.1) is 5.57 Å². The van der Waals surface area contributed by atoms with Crippen LogP contribution in [0.15, 0.2) is 99.4 Å². The van der Waals surface area contributed by atoms with Crippen molar-refractivity contribution < 1.29 is 23.8 Å². The van der Waals surface area contributed by atoms with Crippen LogP contribution in [0.4, 0.5) is 5.69 Å². The normalized spacial score (nSPS) is 16.8. The van der Waals surface area contributed by atoms with E-state index in [2.05, 4.69) is 15.9 Å². The van der Waals surface area contributed by atoms with Gasteiger partial charge in [0.15, 0.2) is 0 Å². The number of Topliss-reactive ketones (excluding diaryl/α,β-unsaturated/α-hetero) is 1. The highest BCUT2D eigenvalue weighted by molar-refractivity contribution is 9.10. The number of ether oxygens (including phenoxy) is 1. The third kappa shape index (κ3) is 4.82. The molecule has 0 aliphatic carbocycles. The first kappa shape index (κ1) is 24.6. The van der Waals surface area contributed by atoms with Crippen molar-refractivity contribution in [3.8, 4) is 5.75 Å². The summed E-state index contributed by atoms with van der Waals surface area (Å²) in [5.74, 6) is -0.0968. The van der Waals surface area contributed by atoms with Gasteiger partial charge in [-0.3, -0.25) is 14.5 Å². The Balaban J connectivity index is 1.54. The smallest absolute Gasteiger partial charge is 0.300 e. The number of carbonyl (C=O) groups excluding carboxylic acids is 2. The largest absolute Gasteiger partial charge is 0.507 e. The van der Waals surface area contributed by atoms with E-state index in [-0.39, 0.29) is 11.3 Å². The number of furan rings is 1. The highest BCUT2D eigenvalue weighted by Crippen LogP contribution is 2.43. The molecule has 1 unspecified atom stereocenters. The first-order chi connectivity index (χ1) is 17.8. The van der Waals surface area contributed by atoms with Crippen molar-refractivity contribution in [3.63, 3.8) is 0 Å². The number of halogens is 1. The lowest BCUT2D eigenvalue weighted by Crippen LogP contribution is -2.29. The molecule has 2 heterocycles. The highest BCUT2D eigenvalue weighted by atomic mass is 79.9. The van der Waals surface area contributed by atoms with Gasteiger partial charge in [0.1, 0.15) is 35.7 Å².